The Morgan fingerprint density at radius 1 is 0.970 bits per heavy atom. The number of rotatable bonds is 6. The molecule has 0 amide bonds. The number of nitrogens with one attached hydrogen (secondary N) is 1. The lowest BCUT2D eigenvalue weighted by molar-refractivity contribution is -0.137. The van der Waals surface area contributed by atoms with Gasteiger partial charge in [-0.3, -0.25) is 4.90 Å². The zero-order chi connectivity index (χ0) is 23.6. The number of sulfonamides is 1. The molecule has 1 saturated heterocycles. The van der Waals surface area contributed by atoms with E-state index < -0.39 is 32.7 Å². The second-order valence-corrected chi connectivity index (χ2v) is 10.2. The van der Waals surface area contributed by atoms with Crippen LogP contribution in [0.4, 0.5) is 13.2 Å². The van der Waals surface area contributed by atoms with Gasteiger partial charge in [-0.1, -0.05) is 66.2 Å². The summed E-state index contributed by atoms with van der Waals surface area (Å²) < 4.78 is 67.1. The fourth-order valence-electron chi connectivity index (χ4n) is 3.93. The van der Waals surface area contributed by atoms with Gasteiger partial charge in [0.2, 0.25) is 10.0 Å². The van der Waals surface area contributed by atoms with Crippen LogP contribution in [0, 0.1) is 0 Å². The summed E-state index contributed by atoms with van der Waals surface area (Å²) in [5, 5.41) is -0.280. The maximum atomic E-state index is 13.0. The molecular weight excluding hydrogens is 473 g/mol. The van der Waals surface area contributed by atoms with Gasteiger partial charge in [-0.05, 0) is 41.3 Å². The number of likely N-dealkylation sites (tertiary alicyclic amines) is 1. The second-order valence-electron chi connectivity index (χ2n) is 8.08. The van der Waals surface area contributed by atoms with Gasteiger partial charge in [0.1, 0.15) is 0 Å². The zero-order valence-corrected chi connectivity index (χ0v) is 19.1. The summed E-state index contributed by atoms with van der Waals surface area (Å²) in [5.74, 6) is 0. The molecule has 3 aromatic rings. The summed E-state index contributed by atoms with van der Waals surface area (Å²) in [6.45, 7) is 1.80. The molecule has 174 valence electrons. The van der Waals surface area contributed by atoms with Crippen molar-refractivity contribution in [2.24, 2.45) is 0 Å². The molecule has 4 nitrogen and oxygen atoms in total. The molecule has 1 N–H and O–H groups in total. The van der Waals surface area contributed by atoms with E-state index in [0.717, 1.165) is 22.8 Å². The Morgan fingerprint density at radius 2 is 1.64 bits per heavy atom. The molecule has 9 heteroatoms. The monoisotopic (exact) mass is 494 g/mol. The van der Waals surface area contributed by atoms with Gasteiger partial charge in [-0.15, -0.1) is 0 Å². The maximum absolute atomic E-state index is 13.0. The molecule has 1 aliphatic rings. The van der Waals surface area contributed by atoms with Gasteiger partial charge in [0.05, 0.1) is 10.5 Å². The highest BCUT2D eigenvalue weighted by Crippen LogP contribution is 2.33. The largest absolute Gasteiger partial charge is 0.416 e. The molecule has 0 bridgehead atoms. The fraction of sp³-hybridized carbons (Fsp3) is 0.250. The van der Waals surface area contributed by atoms with Crippen LogP contribution in [0.5, 0.6) is 0 Å². The zero-order valence-electron chi connectivity index (χ0n) is 17.5. The molecule has 33 heavy (non-hydrogen) atoms. The maximum Gasteiger partial charge on any atom is 0.416 e. The molecule has 1 heterocycles. The van der Waals surface area contributed by atoms with Crippen LogP contribution in [0.2, 0.25) is 5.02 Å². The highest BCUT2D eigenvalue weighted by Gasteiger charge is 2.33. The third-order valence-electron chi connectivity index (χ3n) is 5.57. The molecule has 0 aromatic heterocycles. The predicted molar refractivity (Wildman–Crippen MR) is 122 cm³/mol. The van der Waals surface area contributed by atoms with Crippen molar-refractivity contribution >= 4 is 21.6 Å². The first-order valence-electron chi connectivity index (χ1n) is 10.4. The highest BCUT2D eigenvalue weighted by atomic mass is 35.5. The van der Waals surface area contributed by atoms with Gasteiger partial charge in [0.15, 0.2) is 0 Å². The molecule has 0 radical (unpaired) electrons. The standard InChI is InChI=1S/C24H22ClF3N2O2S/c25-21-12-20(24(26,27)28)13-23(14-21)33(31,32)29-22-10-11-30(16-22)15-17-6-8-19(9-7-17)18-4-2-1-3-5-18/h1-9,12-14,22,29H,10-11,15-16H2. The highest BCUT2D eigenvalue weighted by molar-refractivity contribution is 7.89. The molecule has 1 atom stereocenters. The predicted octanol–water partition coefficient (Wildman–Crippen LogP) is 5.58. The van der Waals surface area contributed by atoms with Crippen LogP contribution in [0.3, 0.4) is 0 Å². The van der Waals surface area contributed by atoms with Crippen molar-refractivity contribution in [2.45, 2.75) is 30.1 Å². The number of nitrogens with zero attached hydrogens (tertiary/aromatic N) is 1. The minimum absolute atomic E-state index is 0.280. The molecule has 0 spiro atoms. The van der Waals surface area contributed by atoms with E-state index in [1.165, 1.54) is 0 Å². The van der Waals surface area contributed by atoms with E-state index in [1.54, 1.807) is 0 Å². The number of hydrogen-bond acceptors (Lipinski definition) is 3. The van der Waals surface area contributed by atoms with Crippen molar-refractivity contribution in [1.82, 2.24) is 9.62 Å². The first-order valence-corrected chi connectivity index (χ1v) is 12.2. The molecule has 1 aliphatic heterocycles. The van der Waals surface area contributed by atoms with Gasteiger partial charge < -0.3 is 0 Å². The van der Waals surface area contributed by atoms with E-state index >= 15 is 0 Å². The summed E-state index contributed by atoms with van der Waals surface area (Å²) in [7, 11) is -4.14. The van der Waals surface area contributed by atoms with E-state index in [1.807, 2.05) is 42.5 Å². The lowest BCUT2D eigenvalue weighted by atomic mass is 10.0. The summed E-state index contributed by atoms with van der Waals surface area (Å²) in [6, 6.07) is 20.2. The Hall–Kier alpha value is -2.39. The number of alkyl halides is 3. The van der Waals surface area contributed by atoms with Gasteiger partial charge >= 0.3 is 6.18 Å². The van der Waals surface area contributed by atoms with Crippen LogP contribution < -0.4 is 4.72 Å². The smallest absolute Gasteiger partial charge is 0.297 e. The first kappa shape index (κ1) is 23.8. The molecule has 1 fully saturated rings. The quantitative estimate of drug-likeness (QED) is 0.487. The second kappa shape index (κ2) is 9.46. The third-order valence-corrected chi connectivity index (χ3v) is 7.29. The molecule has 4 rings (SSSR count). The molecule has 1 unspecified atom stereocenters. The van der Waals surface area contributed by atoms with Crippen LogP contribution in [0.15, 0.2) is 77.7 Å². The average molecular weight is 495 g/mol. The number of hydrogen-bond donors (Lipinski definition) is 1. The Morgan fingerprint density at radius 3 is 2.30 bits per heavy atom. The van der Waals surface area contributed by atoms with Gasteiger partial charge in [0, 0.05) is 30.7 Å². The van der Waals surface area contributed by atoms with E-state index in [0.29, 0.717) is 38.2 Å². The number of benzene rings is 3. The lowest BCUT2D eigenvalue weighted by Crippen LogP contribution is -2.37. The van der Waals surface area contributed by atoms with Gasteiger partial charge in [-0.2, -0.15) is 13.2 Å². The van der Waals surface area contributed by atoms with E-state index in [2.05, 4.69) is 21.8 Å². The van der Waals surface area contributed by atoms with E-state index in [4.69, 9.17) is 11.6 Å². The van der Waals surface area contributed by atoms with Crippen LogP contribution in [-0.4, -0.2) is 32.4 Å². The molecular formula is C24H22ClF3N2O2S. The van der Waals surface area contributed by atoms with Crippen LogP contribution >= 0.6 is 11.6 Å². The Labute approximate surface area is 196 Å². The van der Waals surface area contributed by atoms with Crippen LogP contribution in [-0.2, 0) is 22.7 Å². The minimum atomic E-state index is -4.69. The molecule has 0 aliphatic carbocycles. The summed E-state index contributed by atoms with van der Waals surface area (Å²) >= 11 is 5.74. The van der Waals surface area contributed by atoms with Crippen LogP contribution in [0.25, 0.3) is 11.1 Å². The fourth-order valence-corrected chi connectivity index (χ4v) is 5.56. The van der Waals surface area contributed by atoms with Crippen molar-refractivity contribution in [1.29, 1.82) is 0 Å². The topological polar surface area (TPSA) is 49.4 Å². The summed E-state index contributed by atoms with van der Waals surface area (Å²) in [5.41, 5.74) is 2.26. The van der Waals surface area contributed by atoms with Crippen LogP contribution in [0.1, 0.15) is 17.5 Å². The van der Waals surface area contributed by atoms with Crippen molar-refractivity contribution in [2.75, 3.05) is 13.1 Å². The number of halogens is 4. The van der Waals surface area contributed by atoms with Crippen molar-refractivity contribution in [3.8, 4) is 11.1 Å². The lowest BCUT2D eigenvalue weighted by Gasteiger charge is -2.18. The van der Waals surface area contributed by atoms with E-state index in [-0.39, 0.29) is 5.02 Å². The van der Waals surface area contributed by atoms with Crippen molar-refractivity contribution in [3.63, 3.8) is 0 Å². The molecule has 0 saturated carbocycles. The average Bonchev–Trinajstić information content (AvgIpc) is 3.20. The van der Waals surface area contributed by atoms with E-state index in [9.17, 15) is 21.6 Å². The van der Waals surface area contributed by atoms with Gasteiger partial charge in [0.25, 0.3) is 0 Å². The molecule has 3 aromatic carbocycles. The van der Waals surface area contributed by atoms with Crippen molar-refractivity contribution < 1.29 is 21.6 Å². The Balaban J connectivity index is 1.39. The summed E-state index contributed by atoms with van der Waals surface area (Å²) in [6.07, 6.45) is -4.12. The Bertz CT molecular complexity index is 1220. The third kappa shape index (κ3) is 5.95. The SMILES string of the molecule is O=S(=O)(NC1CCN(Cc2ccc(-c3ccccc3)cc2)C1)c1cc(Cl)cc(C(F)(F)F)c1. The normalized spacial score (nSPS) is 17.4. The summed E-state index contributed by atoms with van der Waals surface area (Å²) in [4.78, 5) is 1.63. The first-order chi connectivity index (χ1) is 15.6. The minimum Gasteiger partial charge on any atom is -0.297 e. The van der Waals surface area contributed by atoms with Crippen molar-refractivity contribution in [3.05, 3.63) is 88.9 Å². The Kier molecular flexibility index (Phi) is 6.81. The van der Waals surface area contributed by atoms with Gasteiger partial charge in [-0.25, -0.2) is 13.1 Å².